The molecule has 2 N–H and O–H groups in total. The maximum atomic E-state index is 11.5. The topological polar surface area (TPSA) is 62.8 Å². The number of ether oxygens (including phenoxy) is 2. The molecular formula is C23H31N3O3. The first-order valence-electron chi connectivity index (χ1n) is 10.2. The molecule has 1 fully saturated rings. The van der Waals surface area contributed by atoms with Gasteiger partial charge in [0.25, 0.3) is 5.91 Å². The minimum absolute atomic E-state index is 0.0210. The zero-order valence-electron chi connectivity index (χ0n) is 17.3. The molecule has 29 heavy (non-hydrogen) atoms. The van der Waals surface area contributed by atoms with Crippen molar-refractivity contribution in [3.05, 3.63) is 65.2 Å². The molecule has 0 spiro atoms. The summed E-state index contributed by atoms with van der Waals surface area (Å²) in [6.07, 6.45) is 0. The number of hydrogen-bond acceptors (Lipinski definition) is 5. The molecule has 1 aliphatic rings. The molecule has 0 aromatic heterocycles. The van der Waals surface area contributed by atoms with Gasteiger partial charge in [-0.15, -0.1) is 0 Å². The van der Waals surface area contributed by atoms with Gasteiger partial charge in [0.15, 0.2) is 6.61 Å². The Morgan fingerprint density at radius 1 is 1.17 bits per heavy atom. The van der Waals surface area contributed by atoms with E-state index in [1.54, 1.807) is 7.05 Å². The number of hydrogen-bond donors (Lipinski definition) is 2. The summed E-state index contributed by atoms with van der Waals surface area (Å²) >= 11 is 0. The number of carbonyl (C=O) groups is 1. The molecule has 1 amide bonds. The third kappa shape index (κ3) is 6.29. The van der Waals surface area contributed by atoms with Crippen LogP contribution in [0.5, 0.6) is 5.75 Å². The van der Waals surface area contributed by atoms with Crippen molar-refractivity contribution in [1.29, 1.82) is 0 Å². The molecule has 3 rings (SSSR count). The van der Waals surface area contributed by atoms with Gasteiger partial charge in [-0.3, -0.25) is 9.69 Å². The lowest BCUT2D eigenvalue weighted by Gasteiger charge is -2.35. The molecule has 1 aliphatic heterocycles. The number of nitrogens with zero attached hydrogens (tertiary/aromatic N) is 1. The summed E-state index contributed by atoms with van der Waals surface area (Å²) in [6.45, 7) is 7.08. The molecule has 156 valence electrons. The molecule has 1 heterocycles. The van der Waals surface area contributed by atoms with E-state index in [9.17, 15) is 4.79 Å². The second-order valence-electron chi connectivity index (χ2n) is 7.28. The second-order valence-corrected chi connectivity index (χ2v) is 7.28. The number of benzene rings is 2. The van der Waals surface area contributed by atoms with Crippen LogP contribution < -0.4 is 15.4 Å². The van der Waals surface area contributed by atoms with Crippen molar-refractivity contribution in [2.24, 2.45) is 0 Å². The second kappa shape index (κ2) is 11.0. The van der Waals surface area contributed by atoms with E-state index >= 15 is 0 Å². The maximum absolute atomic E-state index is 11.5. The summed E-state index contributed by atoms with van der Waals surface area (Å²) in [7, 11) is 1.61. The van der Waals surface area contributed by atoms with Gasteiger partial charge in [-0.05, 0) is 18.6 Å². The summed E-state index contributed by atoms with van der Waals surface area (Å²) in [5.41, 5.74) is 3.64. The van der Waals surface area contributed by atoms with Crippen LogP contribution in [0.2, 0.25) is 0 Å². The molecular weight excluding hydrogens is 366 g/mol. The Labute approximate surface area is 173 Å². The van der Waals surface area contributed by atoms with Crippen LogP contribution in [-0.2, 0) is 16.1 Å². The van der Waals surface area contributed by atoms with Gasteiger partial charge in [-0.1, -0.05) is 48.0 Å². The highest BCUT2D eigenvalue weighted by atomic mass is 16.5. The van der Waals surface area contributed by atoms with Gasteiger partial charge in [0.2, 0.25) is 0 Å². The number of likely N-dealkylation sites (N-methyl/N-ethyl adjacent to an activating group) is 1. The molecule has 0 saturated carbocycles. The summed E-state index contributed by atoms with van der Waals surface area (Å²) in [4.78, 5) is 14.0. The predicted molar refractivity (Wildman–Crippen MR) is 114 cm³/mol. The molecule has 0 bridgehead atoms. The third-order valence-electron chi connectivity index (χ3n) is 5.18. The smallest absolute Gasteiger partial charge is 0.257 e. The molecule has 0 aliphatic carbocycles. The van der Waals surface area contributed by atoms with Gasteiger partial charge < -0.3 is 20.1 Å². The third-order valence-corrected chi connectivity index (χ3v) is 5.18. The van der Waals surface area contributed by atoms with Crippen molar-refractivity contribution in [3.8, 4) is 5.75 Å². The van der Waals surface area contributed by atoms with Crippen LogP contribution in [0.3, 0.4) is 0 Å². The lowest BCUT2D eigenvalue weighted by Crippen LogP contribution is -2.42. The van der Waals surface area contributed by atoms with Crippen LogP contribution in [0, 0.1) is 6.92 Å². The lowest BCUT2D eigenvalue weighted by molar-refractivity contribution is -0.122. The Bertz CT molecular complexity index is 790. The molecule has 0 radical (unpaired) electrons. The molecule has 1 saturated heterocycles. The summed E-state index contributed by atoms with van der Waals surface area (Å²) < 4.78 is 11.2. The minimum Gasteiger partial charge on any atom is -0.483 e. The average molecular weight is 398 g/mol. The number of carbonyl (C=O) groups excluding carboxylic acids is 1. The summed E-state index contributed by atoms with van der Waals surface area (Å²) in [6, 6.07) is 16.9. The van der Waals surface area contributed by atoms with Crippen LogP contribution in [-0.4, -0.2) is 57.3 Å². The van der Waals surface area contributed by atoms with Crippen LogP contribution in [0.15, 0.2) is 48.5 Å². The van der Waals surface area contributed by atoms with Gasteiger partial charge in [0.05, 0.1) is 13.2 Å². The van der Waals surface area contributed by atoms with Crippen LogP contribution in [0.25, 0.3) is 0 Å². The van der Waals surface area contributed by atoms with Crippen molar-refractivity contribution >= 4 is 5.91 Å². The fourth-order valence-electron chi connectivity index (χ4n) is 3.57. The number of nitrogens with one attached hydrogen (secondary N) is 2. The van der Waals surface area contributed by atoms with Crippen molar-refractivity contribution in [3.63, 3.8) is 0 Å². The summed E-state index contributed by atoms with van der Waals surface area (Å²) in [5, 5.41) is 6.17. The van der Waals surface area contributed by atoms with E-state index in [1.165, 1.54) is 11.1 Å². The number of amides is 1. The molecule has 1 unspecified atom stereocenters. The number of para-hydroxylation sites is 1. The Balaban J connectivity index is 1.65. The van der Waals surface area contributed by atoms with Crippen LogP contribution in [0.4, 0.5) is 0 Å². The van der Waals surface area contributed by atoms with Crippen LogP contribution in [0.1, 0.15) is 22.7 Å². The number of rotatable bonds is 9. The molecule has 6 nitrogen and oxygen atoms in total. The van der Waals surface area contributed by atoms with Gasteiger partial charge in [-0.25, -0.2) is 0 Å². The van der Waals surface area contributed by atoms with E-state index in [0.29, 0.717) is 6.54 Å². The van der Waals surface area contributed by atoms with Crippen molar-refractivity contribution in [2.45, 2.75) is 19.5 Å². The number of morpholine rings is 1. The Morgan fingerprint density at radius 2 is 1.97 bits per heavy atom. The van der Waals surface area contributed by atoms with E-state index in [4.69, 9.17) is 9.47 Å². The van der Waals surface area contributed by atoms with Crippen LogP contribution >= 0.6 is 0 Å². The van der Waals surface area contributed by atoms with Gasteiger partial charge in [0, 0.05) is 44.8 Å². The highest BCUT2D eigenvalue weighted by molar-refractivity contribution is 5.77. The number of aryl methyl sites for hydroxylation is 1. The largest absolute Gasteiger partial charge is 0.483 e. The van der Waals surface area contributed by atoms with Crippen molar-refractivity contribution in [1.82, 2.24) is 15.5 Å². The van der Waals surface area contributed by atoms with E-state index in [-0.39, 0.29) is 18.6 Å². The molecule has 2 aromatic carbocycles. The van der Waals surface area contributed by atoms with Gasteiger partial charge in [-0.2, -0.15) is 0 Å². The van der Waals surface area contributed by atoms with E-state index in [1.807, 2.05) is 24.3 Å². The first-order chi connectivity index (χ1) is 14.2. The normalized spacial score (nSPS) is 15.7. The predicted octanol–water partition coefficient (Wildman–Crippen LogP) is 2.28. The highest BCUT2D eigenvalue weighted by Gasteiger charge is 2.22. The summed E-state index contributed by atoms with van der Waals surface area (Å²) in [5.74, 6) is 0.599. The van der Waals surface area contributed by atoms with E-state index < -0.39 is 0 Å². The monoisotopic (exact) mass is 397 g/mol. The Morgan fingerprint density at radius 3 is 2.72 bits per heavy atom. The first-order valence-corrected chi connectivity index (χ1v) is 10.2. The Kier molecular flexibility index (Phi) is 8.04. The van der Waals surface area contributed by atoms with E-state index in [2.05, 4.69) is 46.7 Å². The SMILES string of the molecule is CNC(=O)COc1ccccc1CNCC(c1cccc(C)c1)N1CCOCC1. The van der Waals surface area contributed by atoms with Crippen molar-refractivity contribution < 1.29 is 14.3 Å². The quantitative estimate of drug-likeness (QED) is 0.680. The maximum Gasteiger partial charge on any atom is 0.257 e. The van der Waals surface area contributed by atoms with Gasteiger partial charge in [0.1, 0.15) is 5.75 Å². The fourth-order valence-corrected chi connectivity index (χ4v) is 3.57. The molecule has 1 atom stereocenters. The first kappa shape index (κ1) is 21.3. The molecule has 2 aromatic rings. The average Bonchev–Trinajstić information content (AvgIpc) is 2.76. The van der Waals surface area contributed by atoms with Gasteiger partial charge >= 0.3 is 0 Å². The molecule has 6 heteroatoms. The zero-order valence-corrected chi connectivity index (χ0v) is 17.3. The van der Waals surface area contributed by atoms with E-state index in [0.717, 1.165) is 44.2 Å². The van der Waals surface area contributed by atoms with Crippen molar-refractivity contribution in [2.75, 3.05) is 46.5 Å². The lowest BCUT2D eigenvalue weighted by atomic mass is 10.0. The fraction of sp³-hybridized carbons (Fsp3) is 0.435. The zero-order chi connectivity index (χ0) is 20.5. The standard InChI is InChI=1S/C23H31N3O3/c1-18-6-5-8-19(14-18)21(26-10-12-28-13-11-26)16-25-15-20-7-3-4-9-22(20)29-17-23(27)24-2/h3-9,14,21,25H,10-13,15-17H2,1-2H3,(H,24,27). The highest BCUT2D eigenvalue weighted by Crippen LogP contribution is 2.23. The Hall–Kier alpha value is -2.41. The minimum atomic E-state index is -0.139.